The molecule has 1 N–H and O–H groups in total. The number of ether oxygens (including phenoxy) is 1. The fourth-order valence-corrected chi connectivity index (χ4v) is 2.88. The molecule has 0 atom stereocenters. The topological polar surface area (TPSA) is 64.4 Å². The first-order valence-corrected chi connectivity index (χ1v) is 7.39. The summed E-state index contributed by atoms with van der Waals surface area (Å²) in [5.41, 5.74) is 0.851. The zero-order chi connectivity index (χ0) is 15.4. The van der Waals surface area contributed by atoms with Gasteiger partial charge in [-0.3, -0.25) is 10.1 Å². The Bertz CT molecular complexity index is 635. The molecule has 0 amide bonds. The minimum absolute atomic E-state index is 0.0754. The van der Waals surface area contributed by atoms with Gasteiger partial charge in [-0.1, -0.05) is 30.3 Å². The summed E-state index contributed by atoms with van der Waals surface area (Å²) in [6.07, 6.45) is 1.74. The molecule has 1 heterocycles. The lowest BCUT2D eigenvalue weighted by molar-refractivity contribution is -0.384. The molecule has 1 fully saturated rings. The van der Waals surface area contributed by atoms with Crippen LogP contribution in [-0.4, -0.2) is 18.0 Å². The molecule has 5 heteroatoms. The van der Waals surface area contributed by atoms with Crippen molar-refractivity contribution in [1.82, 2.24) is 5.32 Å². The standard InChI is InChI=1S/C17H18N2O3/c20-19(21)15-6-8-16(9-7-15)22-17(10-12-18-13-11-17)14-4-2-1-3-5-14/h1-9,18H,10-13H2. The van der Waals surface area contributed by atoms with Crippen LogP contribution in [0.25, 0.3) is 0 Å². The van der Waals surface area contributed by atoms with Gasteiger partial charge in [0, 0.05) is 25.0 Å². The van der Waals surface area contributed by atoms with Gasteiger partial charge >= 0.3 is 0 Å². The van der Waals surface area contributed by atoms with Crippen molar-refractivity contribution >= 4 is 5.69 Å². The maximum absolute atomic E-state index is 10.7. The van der Waals surface area contributed by atoms with Gasteiger partial charge in [0.05, 0.1) is 4.92 Å². The van der Waals surface area contributed by atoms with E-state index >= 15 is 0 Å². The van der Waals surface area contributed by atoms with Gasteiger partial charge in [0.2, 0.25) is 0 Å². The van der Waals surface area contributed by atoms with Gasteiger partial charge in [0.25, 0.3) is 5.69 Å². The van der Waals surface area contributed by atoms with E-state index in [-0.39, 0.29) is 11.3 Å². The number of nitrogens with zero attached hydrogens (tertiary/aromatic N) is 1. The number of benzene rings is 2. The lowest BCUT2D eigenvalue weighted by Crippen LogP contribution is -2.44. The van der Waals surface area contributed by atoms with Gasteiger partial charge < -0.3 is 10.1 Å². The van der Waals surface area contributed by atoms with E-state index in [4.69, 9.17) is 4.74 Å². The van der Waals surface area contributed by atoms with Gasteiger partial charge in [0.15, 0.2) is 0 Å². The van der Waals surface area contributed by atoms with E-state index in [0.29, 0.717) is 5.75 Å². The second-order valence-corrected chi connectivity index (χ2v) is 5.46. The van der Waals surface area contributed by atoms with Gasteiger partial charge in [0.1, 0.15) is 11.4 Å². The third-order valence-electron chi connectivity index (χ3n) is 4.07. The summed E-state index contributed by atoms with van der Waals surface area (Å²) in [6, 6.07) is 16.5. The second-order valence-electron chi connectivity index (χ2n) is 5.46. The Hall–Kier alpha value is -2.40. The Morgan fingerprint density at radius 3 is 2.23 bits per heavy atom. The van der Waals surface area contributed by atoms with Crippen LogP contribution >= 0.6 is 0 Å². The zero-order valence-corrected chi connectivity index (χ0v) is 12.2. The summed E-state index contributed by atoms with van der Waals surface area (Å²) in [4.78, 5) is 10.3. The van der Waals surface area contributed by atoms with Gasteiger partial charge in [-0.05, 0) is 30.8 Å². The number of nitro groups is 1. The monoisotopic (exact) mass is 298 g/mol. The highest BCUT2D eigenvalue weighted by Crippen LogP contribution is 2.36. The molecule has 5 nitrogen and oxygen atoms in total. The average Bonchev–Trinajstić information content (AvgIpc) is 2.57. The number of hydrogen-bond acceptors (Lipinski definition) is 4. The maximum Gasteiger partial charge on any atom is 0.269 e. The summed E-state index contributed by atoms with van der Waals surface area (Å²) >= 11 is 0. The summed E-state index contributed by atoms with van der Waals surface area (Å²) < 4.78 is 6.30. The smallest absolute Gasteiger partial charge is 0.269 e. The Morgan fingerprint density at radius 2 is 1.64 bits per heavy atom. The van der Waals surface area contributed by atoms with E-state index in [1.807, 2.05) is 18.2 Å². The van der Waals surface area contributed by atoms with Crippen molar-refractivity contribution in [1.29, 1.82) is 0 Å². The Labute approximate surface area is 129 Å². The van der Waals surface area contributed by atoms with Crippen molar-refractivity contribution in [3.05, 3.63) is 70.3 Å². The Balaban J connectivity index is 1.89. The summed E-state index contributed by atoms with van der Waals surface area (Å²) in [6.45, 7) is 1.78. The third kappa shape index (κ3) is 2.94. The van der Waals surface area contributed by atoms with Crippen molar-refractivity contribution < 1.29 is 9.66 Å². The highest BCUT2D eigenvalue weighted by Gasteiger charge is 2.36. The predicted molar refractivity (Wildman–Crippen MR) is 83.9 cm³/mol. The minimum atomic E-state index is -0.402. The van der Waals surface area contributed by atoms with E-state index in [1.165, 1.54) is 12.1 Å². The molecule has 3 rings (SSSR count). The molecule has 0 unspecified atom stereocenters. The van der Waals surface area contributed by atoms with Gasteiger partial charge in [-0.2, -0.15) is 0 Å². The van der Waals surface area contributed by atoms with Crippen LogP contribution < -0.4 is 10.1 Å². The summed E-state index contributed by atoms with van der Waals surface area (Å²) in [5, 5.41) is 14.1. The summed E-state index contributed by atoms with van der Waals surface area (Å²) in [7, 11) is 0. The van der Waals surface area contributed by atoms with Crippen LogP contribution in [0.2, 0.25) is 0 Å². The van der Waals surface area contributed by atoms with Crippen LogP contribution in [0.5, 0.6) is 5.75 Å². The van der Waals surface area contributed by atoms with Crippen molar-refractivity contribution in [3.8, 4) is 5.75 Å². The highest BCUT2D eigenvalue weighted by molar-refractivity contribution is 5.37. The molecular weight excluding hydrogens is 280 g/mol. The van der Waals surface area contributed by atoms with Crippen LogP contribution in [0.4, 0.5) is 5.69 Å². The normalized spacial score (nSPS) is 16.9. The van der Waals surface area contributed by atoms with E-state index in [2.05, 4.69) is 17.4 Å². The van der Waals surface area contributed by atoms with Crippen molar-refractivity contribution in [2.45, 2.75) is 18.4 Å². The molecule has 1 saturated heterocycles. The Kier molecular flexibility index (Phi) is 4.06. The van der Waals surface area contributed by atoms with Crippen LogP contribution in [0.1, 0.15) is 18.4 Å². The quantitative estimate of drug-likeness (QED) is 0.695. The number of rotatable bonds is 4. The lowest BCUT2D eigenvalue weighted by atomic mass is 9.84. The zero-order valence-electron chi connectivity index (χ0n) is 12.2. The number of nitrogens with one attached hydrogen (secondary N) is 1. The van der Waals surface area contributed by atoms with E-state index in [0.717, 1.165) is 31.5 Å². The van der Waals surface area contributed by atoms with E-state index in [1.54, 1.807) is 12.1 Å². The largest absolute Gasteiger partial charge is 0.482 e. The first-order valence-electron chi connectivity index (χ1n) is 7.39. The first-order chi connectivity index (χ1) is 10.7. The Morgan fingerprint density at radius 1 is 1.00 bits per heavy atom. The van der Waals surface area contributed by atoms with E-state index < -0.39 is 4.92 Å². The first kappa shape index (κ1) is 14.5. The highest BCUT2D eigenvalue weighted by atomic mass is 16.6. The SMILES string of the molecule is O=[N+]([O-])c1ccc(OC2(c3ccccc3)CCNCC2)cc1. The molecule has 2 aromatic rings. The molecule has 0 spiro atoms. The molecule has 0 aliphatic carbocycles. The van der Waals surface area contributed by atoms with Gasteiger partial charge in [-0.25, -0.2) is 0 Å². The van der Waals surface area contributed by atoms with Crippen molar-refractivity contribution in [2.75, 3.05) is 13.1 Å². The molecule has 0 radical (unpaired) electrons. The number of piperidine rings is 1. The number of nitro benzene ring substituents is 1. The molecule has 0 aromatic heterocycles. The maximum atomic E-state index is 10.7. The summed E-state index contributed by atoms with van der Waals surface area (Å²) in [5.74, 6) is 0.663. The number of hydrogen-bond donors (Lipinski definition) is 1. The minimum Gasteiger partial charge on any atom is -0.482 e. The fourth-order valence-electron chi connectivity index (χ4n) is 2.88. The van der Waals surface area contributed by atoms with Crippen LogP contribution in [0.15, 0.2) is 54.6 Å². The fraction of sp³-hybridized carbons (Fsp3) is 0.294. The molecule has 22 heavy (non-hydrogen) atoms. The van der Waals surface area contributed by atoms with Gasteiger partial charge in [-0.15, -0.1) is 0 Å². The van der Waals surface area contributed by atoms with Crippen molar-refractivity contribution in [3.63, 3.8) is 0 Å². The molecule has 2 aromatic carbocycles. The van der Waals surface area contributed by atoms with Crippen LogP contribution in [-0.2, 0) is 5.60 Å². The molecule has 1 aliphatic heterocycles. The lowest BCUT2D eigenvalue weighted by Gasteiger charge is -2.38. The average molecular weight is 298 g/mol. The predicted octanol–water partition coefficient (Wildman–Crippen LogP) is 3.25. The van der Waals surface area contributed by atoms with Crippen molar-refractivity contribution in [2.24, 2.45) is 0 Å². The second kappa shape index (κ2) is 6.15. The molecule has 114 valence electrons. The molecule has 0 saturated carbocycles. The van der Waals surface area contributed by atoms with Crippen LogP contribution in [0.3, 0.4) is 0 Å². The van der Waals surface area contributed by atoms with Crippen LogP contribution in [0, 0.1) is 10.1 Å². The third-order valence-corrected chi connectivity index (χ3v) is 4.07. The van der Waals surface area contributed by atoms with E-state index in [9.17, 15) is 10.1 Å². The number of non-ortho nitro benzene ring substituents is 1. The molecule has 1 aliphatic rings. The molecule has 0 bridgehead atoms. The molecular formula is C17H18N2O3.